The number of hydrazone groups is 1. The minimum Gasteiger partial charge on any atom is -0.422 e. The van der Waals surface area contributed by atoms with Gasteiger partial charge in [-0.25, -0.2) is 10.2 Å². The molecule has 5 nitrogen and oxygen atoms in total. The van der Waals surface area contributed by atoms with E-state index in [2.05, 4.69) is 26.5 Å². The minimum atomic E-state index is -0.459. The summed E-state index contributed by atoms with van der Waals surface area (Å²) >= 11 is 3.39. The van der Waals surface area contributed by atoms with Crippen LogP contribution in [0.1, 0.15) is 27.0 Å². The van der Waals surface area contributed by atoms with Gasteiger partial charge in [0, 0.05) is 10.0 Å². The number of ether oxygens (including phenoxy) is 1. The highest BCUT2D eigenvalue weighted by Crippen LogP contribution is 2.23. The number of halogens is 1. The molecule has 3 aromatic carbocycles. The average molecular weight is 451 g/mol. The molecule has 0 aliphatic heterocycles. The van der Waals surface area contributed by atoms with Gasteiger partial charge in [-0.2, -0.15) is 5.10 Å². The van der Waals surface area contributed by atoms with Crippen molar-refractivity contribution in [2.45, 2.75) is 13.3 Å². The number of rotatable bonds is 6. The Labute approximate surface area is 177 Å². The lowest BCUT2D eigenvalue weighted by atomic mass is 10.1. The molecule has 0 aliphatic rings. The summed E-state index contributed by atoms with van der Waals surface area (Å²) in [5.74, 6) is -0.347. The van der Waals surface area contributed by atoms with Crippen LogP contribution in [0.25, 0.3) is 0 Å². The molecular formula is C23H19BrN2O3. The number of carbonyl (C=O) groups excluding carboxylic acids is 2. The highest BCUT2D eigenvalue weighted by molar-refractivity contribution is 9.10. The van der Waals surface area contributed by atoms with Crippen LogP contribution >= 0.6 is 15.9 Å². The molecule has 0 aromatic heterocycles. The molecule has 0 saturated heterocycles. The van der Waals surface area contributed by atoms with Gasteiger partial charge in [-0.1, -0.05) is 64.0 Å². The van der Waals surface area contributed by atoms with Crippen molar-refractivity contribution >= 4 is 34.0 Å². The molecule has 0 radical (unpaired) electrons. The molecule has 0 saturated carbocycles. The van der Waals surface area contributed by atoms with E-state index in [1.165, 1.54) is 6.21 Å². The predicted molar refractivity (Wildman–Crippen MR) is 116 cm³/mol. The summed E-state index contributed by atoms with van der Waals surface area (Å²) in [6, 6.07) is 21.8. The molecule has 0 aliphatic carbocycles. The zero-order valence-electron chi connectivity index (χ0n) is 15.8. The molecule has 3 rings (SSSR count). The van der Waals surface area contributed by atoms with Crippen LogP contribution in [0.15, 0.2) is 82.4 Å². The monoisotopic (exact) mass is 450 g/mol. The van der Waals surface area contributed by atoms with E-state index in [0.717, 1.165) is 15.6 Å². The Balaban J connectivity index is 1.69. The molecule has 1 amide bonds. The number of esters is 1. The Morgan fingerprint density at radius 3 is 2.59 bits per heavy atom. The average Bonchev–Trinajstić information content (AvgIpc) is 2.70. The van der Waals surface area contributed by atoms with Crippen molar-refractivity contribution in [3.63, 3.8) is 0 Å². The van der Waals surface area contributed by atoms with E-state index in [9.17, 15) is 9.59 Å². The molecular weight excluding hydrogens is 432 g/mol. The van der Waals surface area contributed by atoms with Crippen LogP contribution in [0.4, 0.5) is 0 Å². The molecule has 6 heteroatoms. The topological polar surface area (TPSA) is 67.8 Å². The van der Waals surface area contributed by atoms with E-state index < -0.39 is 5.97 Å². The molecule has 0 unspecified atom stereocenters. The standard InChI is InChI=1S/C23H19BrN2O3/c1-16-6-5-9-18(12-16)23(28)29-21-11-10-20(24)14-19(21)15-25-26-22(27)13-17-7-3-2-4-8-17/h2-12,14-15H,13H2,1H3,(H,26,27)/b25-15+. The van der Waals surface area contributed by atoms with Gasteiger partial charge in [0.1, 0.15) is 5.75 Å². The summed E-state index contributed by atoms with van der Waals surface area (Å²) in [6.07, 6.45) is 1.68. The molecule has 146 valence electrons. The van der Waals surface area contributed by atoms with Gasteiger partial charge in [0.25, 0.3) is 0 Å². The summed E-state index contributed by atoms with van der Waals surface area (Å²) in [7, 11) is 0. The third-order valence-corrected chi connectivity index (χ3v) is 4.52. The Morgan fingerprint density at radius 2 is 1.83 bits per heavy atom. The number of carbonyl (C=O) groups is 2. The fourth-order valence-electron chi connectivity index (χ4n) is 2.64. The Morgan fingerprint density at radius 1 is 1.03 bits per heavy atom. The van der Waals surface area contributed by atoms with Crippen LogP contribution in [0, 0.1) is 6.92 Å². The first-order valence-corrected chi connectivity index (χ1v) is 9.75. The van der Waals surface area contributed by atoms with E-state index >= 15 is 0 Å². The number of hydrogen-bond donors (Lipinski definition) is 1. The van der Waals surface area contributed by atoms with E-state index in [0.29, 0.717) is 16.9 Å². The Bertz CT molecular complexity index is 1050. The first kappa shape index (κ1) is 20.5. The van der Waals surface area contributed by atoms with Gasteiger partial charge in [-0.05, 0) is 42.8 Å². The SMILES string of the molecule is Cc1cccc(C(=O)Oc2ccc(Br)cc2/C=N/NC(=O)Cc2ccccc2)c1. The number of benzene rings is 3. The van der Waals surface area contributed by atoms with Crippen molar-refractivity contribution in [3.8, 4) is 5.75 Å². The van der Waals surface area contributed by atoms with Gasteiger partial charge in [0.2, 0.25) is 5.91 Å². The number of nitrogens with zero attached hydrogens (tertiary/aromatic N) is 1. The second-order valence-electron chi connectivity index (χ2n) is 6.40. The highest BCUT2D eigenvalue weighted by Gasteiger charge is 2.12. The lowest BCUT2D eigenvalue weighted by Crippen LogP contribution is -2.19. The molecule has 3 aromatic rings. The molecule has 0 bridgehead atoms. The summed E-state index contributed by atoms with van der Waals surface area (Å²) in [6.45, 7) is 1.91. The largest absolute Gasteiger partial charge is 0.422 e. The summed E-state index contributed by atoms with van der Waals surface area (Å²) in [5.41, 5.74) is 5.38. The van der Waals surface area contributed by atoms with Crippen LogP contribution in [0.5, 0.6) is 5.75 Å². The second kappa shape index (κ2) is 9.80. The van der Waals surface area contributed by atoms with Crippen molar-refractivity contribution in [3.05, 3.63) is 99.5 Å². The smallest absolute Gasteiger partial charge is 0.343 e. The van der Waals surface area contributed by atoms with E-state index in [1.807, 2.05) is 43.3 Å². The van der Waals surface area contributed by atoms with Gasteiger partial charge in [-0.15, -0.1) is 0 Å². The van der Waals surface area contributed by atoms with Crippen LogP contribution in [0.2, 0.25) is 0 Å². The lowest BCUT2D eigenvalue weighted by molar-refractivity contribution is -0.120. The number of aryl methyl sites for hydroxylation is 1. The van der Waals surface area contributed by atoms with Crippen LogP contribution in [0.3, 0.4) is 0 Å². The van der Waals surface area contributed by atoms with Gasteiger partial charge in [0.15, 0.2) is 0 Å². The van der Waals surface area contributed by atoms with Crippen molar-refractivity contribution in [1.82, 2.24) is 5.43 Å². The molecule has 0 spiro atoms. The zero-order chi connectivity index (χ0) is 20.6. The third-order valence-electron chi connectivity index (χ3n) is 4.03. The molecule has 0 fully saturated rings. The van der Waals surface area contributed by atoms with Crippen molar-refractivity contribution < 1.29 is 14.3 Å². The van der Waals surface area contributed by atoms with Gasteiger partial charge >= 0.3 is 5.97 Å². The Hall–Kier alpha value is -3.25. The maximum Gasteiger partial charge on any atom is 0.343 e. The number of nitrogens with one attached hydrogen (secondary N) is 1. The van der Waals surface area contributed by atoms with E-state index in [-0.39, 0.29) is 12.3 Å². The van der Waals surface area contributed by atoms with E-state index in [1.54, 1.807) is 36.4 Å². The first-order valence-electron chi connectivity index (χ1n) is 8.95. The second-order valence-corrected chi connectivity index (χ2v) is 7.31. The van der Waals surface area contributed by atoms with Crippen LogP contribution in [-0.2, 0) is 11.2 Å². The van der Waals surface area contributed by atoms with Crippen LogP contribution in [-0.4, -0.2) is 18.1 Å². The van der Waals surface area contributed by atoms with Gasteiger partial charge in [0.05, 0.1) is 18.2 Å². The Kier molecular flexibility index (Phi) is 6.92. The highest BCUT2D eigenvalue weighted by atomic mass is 79.9. The van der Waals surface area contributed by atoms with Crippen LogP contribution < -0.4 is 10.2 Å². The maximum absolute atomic E-state index is 12.4. The fraction of sp³-hybridized carbons (Fsp3) is 0.0870. The predicted octanol–water partition coefficient (Wildman–Crippen LogP) is 4.67. The van der Waals surface area contributed by atoms with Crippen molar-refractivity contribution in [2.75, 3.05) is 0 Å². The number of amides is 1. The summed E-state index contributed by atoms with van der Waals surface area (Å²) in [4.78, 5) is 24.5. The van der Waals surface area contributed by atoms with Crippen molar-refractivity contribution in [2.24, 2.45) is 5.10 Å². The van der Waals surface area contributed by atoms with E-state index in [4.69, 9.17) is 4.74 Å². The third kappa shape index (κ3) is 6.12. The molecule has 29 heavy (non-hydrogen) atoms. The number of hydrogen-bond acceptors (Lipinski definition) is 4. The quantitative estimate of drug-likeness (QED) is 0.256. The van der Waals surface area contributed by atoms with Gasteiger partial charge < -0.3 is 4.74 Å². The van der Waals surface area contributed by atoms with Gasteiger partial charge in [-0.3, -0.25) is 4.79 Å². The molecule has 1 N–H and O–H groups in total. The maximum atomic E-state index is 12.4. The fourth-order valence-corrected chi connectivity index (χ4v) is 3.02. The molecule has 0 atom stereocenters. The molecule has 0 heterocycles. The summed E-state index contributed by atoms with van der Waals surface area (Å²) in [5, 5.41) is 4.00. The lowest BCUT2D eigenvalue weighted by Gasteiger charge is -2.08. The normalized spacial score (nSPS) is 10.7. The van der Waals surface area contributed by atoms with Crippen molar-refractivity contribution in [1.29, 1.82) is 0 Å². The minimum absolute atomic E-state index is 0.228. The zero-order valence-corrected chi connectivity index (χ0v) is 17.3. The first-order chi connectivity index (χ1) is 14.0. The summed E-state index contributed by atoms with van der Waals surface area (Å²) < 4.78 is 6.33.